The molecule has 0 radical (unpaired) electrons. The van der Waals surface area contributed by atoms with Gasteiger partial charge in [0.15, 0.2) is 0 Å². The van der Waals surface area contributed by atoms with Crippen LogP contribution in [0.4, 0.5) is 9.59 Å². The van der Waals surface area contributed by atoms with Crippen LogP contribution in [0.1, 0.15) is 34.4 Å². The second-order valence-corrected chi connectivity index (χ2v) is 11.1. The molecule has 2 heterocycles. The summed E-state index contributed by atoms with van der Waals surface area (Å²) in [4.78, 5) is 24.9. The van der Waals surface area contributed by atoms with Gasteiger partial charge in [0, 0.05) is 41.9 Å². The van der Waals surface area contributed by atoms with E-state index in [0.29, 0.717) is 54.4 Å². The van der Waals surface area contributed by atoms with Crippen LogP contribution in [0.2, 0.25) is 0 Å². The van der Waals surface area contributed by atoms with Gasteiger partial charge in [0.05, 0.1) is 6.10 Å². The molecule has 1 atom stereocenters. The molecule has 0 aliphatic carbocycles. The first kappa shape index (κ1) is 28.6. The number of allylic oxidation sites excluding steroid dienone is 2. The van der Waals surface area contributed by atoms with E-state index in [1.54, 1.807) is 23.2 Å². The Balaban J connectivity index is 1.55. The van der Waals surface area contributed by atoms with E-state index in [2.05, 4.69) is 24.5 Å². The topological polar surface area (TPSA) is 105 Å². The molecule has 1 amide bonds. The highest BCUT2D eigenvalue weighted by molar-refractivity contribution is 8.16. The van der Waals surface area contributed by atoms with Gasteiger partial charge in [0.1, 0.15) is 10.9 Å². The number of benzene rings is 1. The van der Waals surface area contributed by atoms with Gasteiger partial charge < -0.3 is 10.2 Å². The van der Waals surface area contributed by atoms with Crippen molar-refractivity contribution in [1.82, 2.24) is 10.0 Å². The molecule has 1 aromatic carbocycles. The molecule has 1 fully saturated rings. The summed E-state index contributed by atoms with van der Waals surface area (Å²) in [7, 11) is 0. The summed E-state index contributed by atoms with van der Waals surface area (Å²) < 4.78 is 0. The molecule has 1 aliphatic heterocycles. The molecule has 37 heavy (non-hydrogen) atoms. The van der Waals surface area contributed by atoms with Crippen molar-refractivity contribution in [3.8, 4) is 17.9 Å². The number of hydrazine groups is 1. The van der Waals surface area contributed by atoms with Gasteiger partial charge in [0.2, 0.25) is 0 Å². The van der Waals surface area contributed by atoms with Crippen molar-refractivity contribution in [3.05, 3.63) is 80.9 Å². The number of carboxylic acid groups (broad SMARTS) is 1. The van der Waals surface area contributed by atoms with E-state index in [9.17, 15) is 14.7 Å². The Morgan fingerprint density at radius 3 is 2.81 bits per heavy atom. The van der Waals surface area contributed by atoms with Gasteiger partial charge >= 0.3 is 5.30 Å². The lowest BCUT2D eigenvalue weighted by Gasteiger charge is -2.38. The Kier molecular flexibility index (Phi) is 11.3. The van der Waals surface area contributed by atoms with Crippen molar-refractivity contribution in [2.45, 2.75) is 25.4 Å². The number of aliphatic hydroxyl groups excluding tert-OH is 1. The number of nitriles is 1. The Morgan fingerprint density at radius 1 is 1.27 bits per heavy atom. The van der Waals surface area contributed by atoms with Crippen LogP contribution in [0.15, 0.2) is 59.3 Å². The Bertz CT molecular complexity index is 1260. The average Bonchev–Trinajstić information content (AvgIpc) is 3.34. The van der Waals surface area contributed by atoms with Gasteiger partial charge in [-0.05, 0) is 59.7 Å². The molecule has 2 N–H and O–H groups in total. The fourth-order valence-corrected chi connectivity index (χ4v) is 5.74. The van der Waals surface area contributed by atoms with Crippen LogP contribution in [0.5, 0.6) is 0 Å². The van der Waals surface area contributed by atoms with Crippen LogP contribution >= 0.6 is 34.9 Å². The first-order chi connectivity index (χ1) is 17.9. The van der Waals surface area contributed by atoms with Crippen molar-refractivity contribution in [3.63, 3.8) is 0 Å². The van der Waals surface area contributed by atoms with Crippen molar-refractivity contribution in [2.24, 2.45) is 0 Å². The molecule has 192 valence electrons. The van der Waals surface area contributed by atoms with Gasteiger partial charge in [-0.25, -0.2) is 9.80 Å². The summed E-state index contributed by atoms with van der Waals surface area (Å²) in [6.07, 6.45) is 3.95. The van der Waals surface area contributed by atoms with Gasteiger partial charge in [-0.3, -0.25) is 9.80 Å². The highest BCUT2D eigenvalue weighted by atomic mass is 32.2. The smallest absolute Gasteiger partial charge is 0.369 e. The van der Waals surface area contributed by atoms with Crippen LogP contribution in [-0.4, -0.2) is 62.3 Å². The first-order valence-corrected chi connectivity index (χ1v) is 14.2. The number of thiophene rings is 1. The highest BCUT2D eigenvalue weighted by Crippen LogP contribution is 2.25. The predicted octanol–water partition coefficient (Wildman–Crippen LogP) is 5.57. The summed E-state index contributed by atoms with van der Waals surface area (Å²) in [5.41, 5.74) is 2.61. The normalized spacial score (nSPS) is 15.0. The number of thioether (sulfide) groups is 2. The molecule has 0 spiro atoms. The standard InChI is InChI=1S/C27H27N3O4S3/c1-2-4-24(37-27(33)34)10-12-30-26(32)35-14-13-29(30)11-9-23(31)16-21-6-3-5-20(15-21)7-8-22-17-25(18-28)36-19-22/h2-6,15,17,19,23,31H,1,9-14,16H2,(H,33,34)/b24-4-. The number of nitrogens with zero attached hydrogens (tertiary/aromatic N) is 3. The number of carbonyl (C=O) groups excluding carboxylic acids is 1. The molecule has 1 unspecified atom stereocenters. The zero-order valence-corrected chi connectivity index (χ0v) is 22.6. The van der Waals surface area contributed by atoms with Crippen LogP contribution in [-0.2, 0) is 6.42 Å². The molecule has 1 aromatic heterocycles. The molecular weight excluding hydrogens is 527 g/mol. The maximum absolute atomic E-state index is 12.5. The third kappa shape index (κ3) is 9.43. The van der Waals surface area contributed by atoms with E-state index < -0.39 is 11.4 Å². The minimum atomic E-state index is -0.998. The second kappa shape index (κ2) is 14.7. The number of amides is 1. The quantitative estimate of drug-likeness (QED) is 0.291. The lowest BCUT2D eigenvalue weighted by Crippen LogP contribution is -2.50. The van der Waals surface area contributed by atoms with E-state index in [0.717, 1.165) is 28.5 Å². The largest absolute Gasteiger partial charge is 0.473 e. The molecule has 2 aromatic rings. The number of hydrogen-bond acceptors (Lipinski definition) is 8. The monoisotopic (exact) mass is 553 g/mol. The van der Waals surface area contributed by atoms with E-state index in [1.807, 2.05) is 34.7 Å². The minimum absolute atomic E-state index is 0.0715. The van der Waals surface area contributed by atoms with Crippen LogP contribution in [0.25, 0.3) is 0 Å². The second-order valence-electron chi connectivity index (χ2n) is 8.09. The van der Waals surface area contributed by atoms with Gasteiger partial charge in [0.25, 0.3) is 5.24 Å². The predicted molar refractivity (Wildman–Crippen MR) is 150 cm³/mol. The maximum atomic E-state index is 12.5. The first-order valence-electron chi connectivity index (χ1n) is 11.6. The lowest BCUT2D eigenvalue weighted by molar-refractivity contribution is 0.0150. The summed E-state index contributed by atoms with van der Waals surface area (Å²) in [5, 5.41) is 33.1. The van der Waals surface area contributed by atoms with E-state index in [1.165, 1.54) is 23.1 Å². The molecule has 3 rings (SSSR count). The number of hydrogen-bond donors (Lipinski definition) is 2. The van der Waals surface area contributed by atoms with Crippen molar-refractivity contribution in [2.75, 3.05) is 25.4 Å². The van der Waals surface area contributed by atoms with Crippen molar-refractivity contribution < 1.29 is 19.8 Å². The Hall–Kier alpha value is -2.99. The molecule has 1 aliphatic rings. The Morgan fingerprint density at radius 2 is 2.08 bits per heavy atom. The number of rotatable bonds is 10. The van der Waals surface area contributed by atoms with Crippen molar-refractivity contribution in [1.29, 1.82) is 5.26 Å². The number of carbonyl (C=O) groups is 2. The zero-order valence-electron chi connectivity index (χ0n) is 20.1. The third-order valence-corrected chi connectivity index (χ3v) is 7.86. The van der Waals surface area contributed by atoms with Gasteiger partial charge in [-0.1, -0.05) is 54.5 Å². The molecule has 0 bridgehead atoms. The van der Waals surface area contributed by atoms with Gasteiger partial charge in [-0.15, -0.1) is 11.3 Å². The molecule has 1 saturated heterocycles. The minimum Gasteiger partial charge on any atom is -0.473 e. The van der Waals surface area contributed by atoms with Gasteiger partial charge in [-0.2, -0.15) is 5.26 Å². The summed E-state index contributed by atoms with van der Waals surface area (Å²) in [6.45, 7) is 5.18. The van der Waals surface area contributed by atoms with E-state index in [4.69, 9.17) is 10.4 Å². The van der Waals surface area contributed by atoms with E-state index in [-0.39, 0.29) is 5.24 Å². The molecule has 10 heteroatoms. The highest BCUT2D eigenvalue weighted by Gasteiger charge is 2.27. The summed E-state index contributed by atoms with van der Waals surface area (Å²) >= 11 is 3.33. The Labute approximate surface area is 229 Å². The number of aliphatic hydroxyl groups is 1. The fourth-order valence-electron chi connectivity index (χ4n) is 3.70. The fraction of sp³-hybridized carbons (Fsp3) is 0.296. The van der Waals surface area contributed by atoms with Crippen LogP contribution in [0, 0.1) is 23.2 Å². The zero-order chi connectivity index (χ0) is 26.6. The summed E-state index contributed by atoms with van der Waals surface area (Å²) in [5.74, 6) is 6.85. The van der Waals surface area contributed by atoms with Crippen molar-refractivity contribution >= 4 is 45.4 Å². The van der Waals surface area contributed by atoms with Crippen LogP contribution < -0.4 is 0 Å². The van der Waals surface area contributed by atoms with E-state index >= 15 is 0 Å². The summed E-state index contributed by atoms with van der Waals surface area (Å²) in [6, 6.07) is 11.6. The SMILES string of the molecule is C=C/C=C(/CCN1C(=O)SCCN1CCC(O)Cc1cccc(C#Cc2csc(C#N)c2)c1)SC(=O)O. The lowest BCUT2D eigenvalue weighted by atomic mass is 10.0. The van der Waals surface area contributed by atoms with Crippen LogP contribution in [0.3, 0.4) is 0 Å². The molecule has 0 saturated carbocycles. The maximum Gasteiger partial charge on any atom is 0.369 e. The molecular formula is C27H27N3O4S3. The third-order valence-electron chi connectivity index (χ3n) is 5.40. The molecule has 7 nitrogen and oxygen atoms in total. The average molecular weight is 554 g/mol.